The highest BCUT2D eigenvalue weighted by molar-refractivity contribution is 5.79. The second-order valence-corrected chi connectivity index (χ2v) is 8.66. The van der Waals surface area contributed by atoms with E-state index in [0.717, 1.165) is 22.6 Å². The highest BCUT2D eigenvalue weighted by Crippen LogP contribution is 2.22. The second-order valence-electron chi connectivity index (χ2n) is 8.66. The standard InChI is InChI=1S/C31H30N2O7/c1-22-28(32-30(39-22)24-8-5-4-6-9-24)10-7-19-38-26-13-11-23(12-14-26)20-33(21-29(34)37-3)31(35)40-27-17-15-25(36-2)16-18-27/h4-18H,19-21H2,1-3H3/b10-7+. The molecule has 0 spiro atoms. The Morgan fingerprint density at radius 3 is 2.25 bits per heavy atom. The highest BCUT2D eigenvalue weighted by atomic mass is 16.6. The highest BCUT2D eigenvalue weighted by Gasteiger charge is 2.20. The number of benzene rings is 3. The lowest BCUT2D eigenvalue weighted by molar-refractivity contribution is -0.141. The third-order valence-electron chi connectivity index (χ3n) is 5.84. The fourth-order valence-corrected chi connectivity index (χ4v) is 3.70. The number of hydrogen-bond acceptors (Lipinski definition) is 8. The molecule has 9 heteroatoms. The third-order valence-corrected chi connectivity index (χ3v) is 5.84. The predicted octanol–water partition coefficient (Wildman–Crippen LogP) is 5.92. The first-order valence-corrected chi connectivity index (χ1v) is 12.5. The average molecular weight is 543 g/mol. The maximum atomic E-state index is 12.8. The Bertz CT molecular complexity index is 1430. The van der Waals surface area contributed by atoms with Crippen LogP contribution in [-0.2, 0) is 16.1 Å². The van der Waals surface area contributed by atoms with Gasteiger partial charge in [-0.05, 0) is 73.2 Å². The van der Waals surface area contributed by atoms with E-state index in [2.05, 4.69) is 4.98 Å². The number of esters is 1. The smallest absolute Gasteiger partial charge is 0.416 e. The van der Waals surface area contributed by atoms with Gasteiger partial charge in [0.1, 0.15) is 41.9 Å². The van der Waals surface area contributed by atoms with Gasteiger partial charge in [-0.1, -0.05) is 30.3 Å². The topological polar surface area (TPSA) is 100 Å². The molecule has 0 unspecified atom stereocenters. The van der Waals surface area contributed by atoms with Gasteiger partial charge in [0.05, 0.1) is 14.2 Å². The summed E-state index contributed by atoms with van der Waals surface area (Å²) in [5.74, 6) is 2.35. The maximum absolute atomic E-state index is 12.8. The van der Waals surface area contributed by atoms with Gasteiger partial charge >= 0.3 is 12.1 Å². The summed E-state index contributed by atoms with van der Waals surface area (Å²) in [6.07, 6.45) is 3.04. The van der Waals surface area contributed by atoms with E-state index >= 15 is 0 Å². The summed E-state index contributed by atoms with van der Waals surface area (Å²) in [5, 5.41) is 0. The molecule has 9 nitrogen and oxygen atoms in total. The third kappa shape index (κ3) is 7.73. The molecule has 4 rings (SSSR count). The van der Waals surface area contributed by atoms with Crippen LogP contribution < -0.4 is 14.2 Å². The number of hydrogen-bond donors (Lipinski definition) is 0. The van der Waals surface area contributed by atoms with Crippen molar-refractivity contribution in [1.82, 2.24) is 9.88 Å². The van der Waals surface area contributed by atoms with E-state index in [1.54, 1.807) is 43.5 Å². The number of oxazole rings is 1. The van der Waals surface area contributed by atoms with Crippen molar-refractivity contribution < 1.29 is 33.0 Å². The van der Waals surface area contributed by atoms with Crippen LogP contribution in [0.2, 0.25) is 0 Å². The maximum Gasteiger partial charge on any atom is 0.416 e. The summed E-state index contributed by atoms with van der Waals surface area (Å²) >= 11 is 0. The van der Waals surface area contributed by atoms with Gasteiger partial charge < -0.3 is 23.4 Å². The van der Waals surface area contributed by atoms with Gasteiger partial charge in [0.25, 0.3) is 0 Å². The first-order valence-electron chi connectivity index (χ1n) is 12.5. The molecule has 1 amide bonds. The van der Waals surface area contributed by atoms with Crippen molar-refractivity contribution in [1.29, 1.82) is 0 Å². The van der Waals surface area contributed by atoms with Crippen LogP contribution in [0.15, 0.2) is 89.4 Å². The molecular weight excluding hydrogens is 512 g/mol. The minimum atomic E-state index is -0.681. The Morgan fingerprint density at radius 1 is 0.900 bits per heavy atom. The van der Waals surface area contributed by atoms with E-state index in [1.807, 2.05) is 61.5 Å². The molecule has 206 valence electrons. The summed E-state index contributed by atoms with van der Waals surface area (Å²) in [7, 11) is 2.81. The van der Waals surface area contributed by atoms with E-state index in [9.17, 15) is 9.59 Å². The summed E-state index contributed by atoms with van der Waals surface area (Å²) in [6.45, 7) is 2.07. The van der Waals surface area contributed by atoms with Crippen molar-refractivity contribution in [2.75, 3.05) is 27.4 Å². The molecule has 0 saturated heterocycles. The number of aryl methyl sites for hydroxylation is 1. The quantitative estimate of drug-likeness (QED) is 0.215. The fourth-order valence-electron chi connectivity index (χ4n) is 3.70. The van der Waals surface area contributed by atoms with Crippen LogP contribution in [-0.4, -0.2) is 49.3 Å². The molecule has 0 aliphatic rings. The molecule has 0 atom stereocenters. The molecular formula is C31H30N2O7. The zero-order chi connectivity index (χ0) is 28.3. The lowest BCUT2D eigenvalue weighted by atomic mass is 10.2. The average Bonchev–Trinajstić information content (AvgIpc) is 3.36. The van der Waals surface area contributed by atoms with Crippen molar-refractivity contribution in [2.45, 2.75) is 13.5 Å². The van der Waals surface area contributed by atoms with Gasteiger partial charge in [0.15, 0.2) is 0 Å². The molecule has 0 aliphatic carbocycles. The van der Waals surface area contributed by atoms with Crippen molar-refractivity contribution in [3.8, 4) is 28.7 Å². The predicted molar refractivity (Wildman–Crippen MR) is 149 cm³/mol. The van der Waals surface area contributed by atoms with Crippen LogP contribution >= 0.6 is 0 Å². The van der Waals surface area contributed by atoms with Gasteiger partial charge in [-0.2, -0.15) is 0 Å². The molecule has 0 N–H and O–H groups in total. The van der Waals surface area contributed by atoms with Crippen molar-refractivity contribution in [3.05, 3.63) is 102 Å². The largest absolute Gasteiger partial charge is 0.497 e. The summed E-state index contributed by atoms with van der Waals surface area (Å²) in [5.41, 5.74) is 2.44. The molecule has 3 aromatic carbocycles. The summed E-state index contributed by atoms with van der Waals surface area (Å²) in [6, 6.07) is 23.5. The minimum absolute atomic E-state index is 0.138. The Balaban J connectivity index is 1.33. The van der Waals surface area contributed by atoms with Crippen molar-refractivity contribution in [2.24, 2.45) is 0 Å². The van der Waals surface area contributed by atoms with Crippen LogP contribution in [0.3, 0.4) is 0 Å². The van der Waals surface area contributed by atoms with Crippen molar-refractivity contribution >= 4 is 18.1 Å². The molecule has 0 radical (unpaired) electrons. The first kappa shape index (κ1) is 28.0. The van der Waals surface area contributed by atoms with Crippen LogP contribution in [0, 0.1) is 6.92 Å². The molecule has 0 bridgehead atoms. The molecule has 0 saturated carbocycles. The monoisotopic (exact) mass is 542 g/mol. The Hall–Kier alpha value is -5.05. The van der Waals surface area contributed by atoms with Gasteiger partial charge in [-0.3, -0.25) is 9.69 Å². The SMILES string of the molecule is COC(=O)CN(Cc1ccc(OC/C=C/c2nc(-c3ccccc3)oc2C)cc1)C(=O)Oc1ccc(OC)cc1. The zero-order valence-corrected chi connectivity index (χ0v) is 22.5. The van der Waals surface area contributed by atoms with Crippen molar-refractivity contribution in [3.63, 3.8) is 0 Å². The van der Waals surface area contributed by atoms with Crippen LogP contribution in [0.4, 0.5) is 4.79 Å². The lowest BCUT2D eigenvalue weighted by Gasteiger charge is -2.21. The molecule has 0 aliphatic heterocycles. The number of carbonyl (C=O) groups is 2. The number of rotatable bonds is 11. The normalized spacial score (nSPS) is 10.8. The number of amides is 1. The molecule has 40 heavy (non-hydrogen) atoms. The number of methoxy groups -OCH3 is 2. The van der Waals surface area contributed by atoms with E-state index < -0.39 is 12.1 Å². The van der Waals surface area contributed by atoms with E-state index in [1.165, 1.54) is 12.0 Å². The van der Waals surface area contributed by atoms with Gasteiger partial charge in [0, 0.05) is 12.1 Å². The number of ether oxygens (including phenoxy) is 4. The lowest BCUT2D eigenvalue weighted by Crippen LogP contribution is -2.37. The van der Waals surface area contributed by atoms with Gasteiger partial charge in [-0.25, -0.2) is 9.78 Å². The minimum Gasteiger partial charge on any atom is -0.497 e. The number of aromatic nitrogens is 1. The van der Waals surface area contributed by atoms with Gasteiger partial charge in [0.2, 0.25) is 5.89 Å². The van der Waals surface area contributed by atoms with E-state index in [4.69, 9.17) is 23.4 Å². The zero-order valence-electron chi connectivity index (χ0n) is 22.5. The second kappa shape index (κ2) is 13.7. The van der Waals surface area contributed by atoms with E-state index in [-0.39, 0.29) is 13.1 Å². The van der Waals surface area contributed by atoms with E-state index in [0.29, 0.717) is 29.7 Å². The van der Waals surface area contributed by atoms with Crippen LogP contribution in [0.25, 0.3) is 17.5 Å². The number of carbonyl (C=O) groups excluding carboxylic acids is 2. The fraction of sp³-hybridized carbons (Fsp3) is 0.194. The van der Waals surface area contributed by atoms with Crippen LogP contribution in [0.5, 0.6) is 17.2 Å². The Kier molecular flexibility index (Phi) is 9.55. The molecule has 1 heterocycles. The van der Waals surface area contributed by atoms with Crippen LogP contribution in [0.1, 0.15) is 17.0 Å². The summed E-state index contributed by atoms with van der Waals surface area (Å²) in [4.78, 5) is 30.5. The molecule has 1 aromatic heterocycles. The Morgan fingerprint density at radius 2 is 1.57 bits per heavy atom. The van der Waals surface area contributed by atoms with Gasteiger partial charge in [-0.15, -0.1) is 0 Å². The summed E-state index contributed by atoms with van der Waals surface area (Å²) < 4.78 is 26.9. The first-order chi connectivity index (χ1) is 19.4. The number of nitrogens with zero attached hydrogens (tertiary/aromatic N) is 2. The molecule has 0 fully saturated rings. The Labute approximate surface area is 232 Å². The molecule has 4 aromatic rings.